The van der Waals surface area contributed by atoms with Gasteiger partial charge in [0.05, 0.1) is 22.5 Å². The van der Waals surface area contributed by atoms with Crippen LogP contribution in [0.4, 0.5) is 5.69 Å². The van der Waals surface area contributed by atoms with Crippen LogP contribution in [0, 0.1) is 6.92 Å². The van der Waals surface area contributed by atoms with Crippen molar-refractivity contribution < 1.29 is 9.53 Å². The van der Waals surface area contributed by atoms with Gasteiger partial charge in [-0.25, -0.2) is 0 Å². The summed E-state index contributed by atoms with van der Waals surface area (Å²) in [4.78, 5) is 14.7. The highest BCUT2D eigenvalue weighted by Gasteiger charge is 2.40. The number of nitrogen functional groups attached to an aromatic ring is 1. The number of benzene rings is 1. The molecule has 0 aliphatic carbocycles. The van der Waals surface area contributed by atoms with Gasteiger partial charge >= 0.3 is 0 Å². The van der Waals surface area contributed by atoms with Crippen LogP contribution in [0.2, 0.25) is 0 Å². The van der Waals surface area contributed by atoms with Crippen LogP contribution < -0.4 is 11.3 Å². The average molecular weight is 291 g/mol. The van der Waals surface area contributed by atoms with Crippen LogP contribution in [0.15, 0.2) is 18.2 Å². The van der Waals surface area contributed by atoms with Crippen molar-refractivity contribution in [2.24, 2.45) is 5.84 Å². The van der Waals surface area contributed by atoms with E-state index in [1.54, 1.807) is 0 Å². The van der Waals surface area contributed by atoms with Crippen LogP contribution in [-0.4, -0.2) is 35.1 Å². The standard InChI is InChI=1S/C16H25N3O2/c1-11-6-7-13(18-17)12(8-11)14(20)19-9-15(2,3)21-16(4,5)10-19/h6-8,18H,9-10,17H2,1-5H3. The second-order valence-corrected chi connectivity index (χ2v) is 6.98. The van der Waals surface area contributed by atoms with Crippen LogP contribution in [0.25, 0.3) is 0 Å². The van der Waals surface area contributed by atoms with Gasteiger partial charge in [0.25, 0.3) is 5.91 Å². The van der Waals surface area contributed by atoms with E-state index >= 15 is 0 Å². The number of hydrogen-bond acceptors (Lipinski definition) is 4. The monoisotopic (exact) mass is 291 g/mol. The molecule has 1 saturated heterocycles. The van der Waals surface area contributed by atoms with Crippen LogP contribution in [0.3, 0.4) is 0 Å². The van der Waals surface area contributed by atoms with Crippen molar-refractivity contribution >= 4 is 11.6 Å². The molecule has 116 valence electrons. The van der Waals surface area contributed by atoms with Gasteiger partial charge < -0.3 is 15.1 Å². The predicted octanol–water partition coefficient (Wildman–Crippen LogP) is 2.31. The topological polar surface area (TPSA) is 67.6 Å². The minimum absolute atomic E-state index is 0.0175. The Morgan fingerprint density at radius 2 is 1.81 bits per heavy atom. The fourth-order valence-electron chi connectivity index (χ4n) is 3.06. The Hall–Kier alpha value is -1.59. The van der Waals surface area contributed by atoms with Crippen LogP contribution in [0.1, 0.15) is 43.6 Å². The van der Waals surface area contributed by atoms with Gasteiger partial charge in [-0.15, -0.1) is 0 Å². The number of nitrogens with one attached hydrogen (secondary N) is 1. The summed E-state index contributed by atoms with van der Waals surface area (Å²) < 4.78 is 6.02. The van der Waals surface area contributed by atoms with E-state index in [0.717, 1.165) is 5.56 Å². The molecule has 0 saturated carbocycles. The summed E-state index contributed by atoms with van der Waals surface area (Å²) in [5.74, 6) is 5.51. The van der Waals surface area contributed by atoms with Gasteiger partial charge in [-0.05, 0) is 46.8 Å². The molecule has 0 atom stereocenters. The number of hydrazine groups is 1. The van der Waals surface area contributed by atoms with E-state index in [1.165, 1.54) is 0 Å². The molecule has 1 heterocycles. The summed E-state index contributed by atoms with van der Waals surface area (Å²) >= 11 is 0. The number of nitrogens with zero attached hydrogens (tertiary/aromatic N) is 1. The summed E-state index contributed by atoms with van der Waals surface area (Å²) in [5, 5.41) is 0. The maximum Gasteiger partial charge on any atom is 0.256 e. The number of carbonyl (C=O) groups is 1. The fraction of sp³-hybridized carbons (Fsp3) is 0.562. The van der Waals surface area contributed by atoms with Gasteiger partial charge in [-0.2, -0.15) is 0 Å². The van der Waals surface area contributed by atoms with Crippen LogP contribution in [0.5, 0.6) is 0 Å². The van der Waals surface area contributed by atoms with Crippen molar-refractivity contribution in [1.29, 1.82) is 0 Å². The highest BCUT2D eigenvalue weighted by Crippen LogP contribution is 2.30. The lowest BCUT2D eigenvalue weighted by molar-refractivity contribution is -0.171. The third kappa shape index (κ3) is 3.54. The quantitative estimate of drug-likeness (QED) is 0.648. The van der Waals surface area contributed by atoms with Gasteiger partial charge in [0.2, 0.25) is 0 Å². The molecule has 1 aromatic rings. The first-order chi connectivity index (χ1) is 9.63. The van der Waals surface area contributed by atoms with E-state index < -0.39 is 0 Å². The smallest absolute Gasteiger partial charge is 0.256 e. The summed E-state index contributed by atoms with van der Waals surface area (Å²) in [6.07, 6.45) is 0. The Morgan fingerprint density at radius 1 is 1.24 bits per heavy atom. The maximum absolute atomic E-state index is 12.9. The lowest BCUT2D eigenvalue weighted by Crippen LogP contribution is -2.58. The first kappa shape index (κ1) is 15.8. The first-order valence-electron chi connectivity index (χ1n) is 7.20. The van der Waals surface area contributed by atoms with Crippen molar-refractivity contribution in [2.75, 3.05) is 18.5 Å². The summed E-state index contributed by atoms with van der Waals surface area (Å²) in [6, 6.07) is 5.63. The highest BCUT2D eigenvalue weighted by atomic mass is 16.5. The molecule has 0 bridgehead atoms. The number of amides is 1. The number of anilines is 1. The van der Waals surface area contributed by atoms with E-state index in [0.29, 0.717) is 24.3 Å². The summed E-state index contributed by atoms with van der Waals surface area (Å²) in [5.41, 5.74) is 4.16. The molecule has 1 aliphatic heterocycles. The molecule has 1 aliphatic rings. The molecule has 5 heteroatoms. The zero-order chi connectivity index (χ0) is 15.8. The number of carbonyl (C=O) groups excluding carboxylic acids is 1. The molecule has 0 radical (unpaired) electrons. The molecular weight excluding hydrogens is 266 g/mol. The number of morpholine rings is 1. The molecule has 3 N–H and O–H groups in total. The zero-order valence-electron chi connectivity index (χ0n) is 13.5. The minimum atomic E-state index is -0.364. The molecule has 0 unspecified atom stereocenters. The lowest BCUT2D eigenvalue weighted by Gasteiger charge is -2.47. The molecule has 0 aromatic heterocycles. The van der Waals surface area contributed by atoms with Crippen molar-refractivity contribution in [1.82, 2.24) is 4.90 Å². The summed E-state index contributed by atoms with van der Waals surface area (Å²) in [6.45, 7) is 11.1. The Bertz CT molecular complexity index is 536. The zero-order valence-corrected chi connectivity index (χ0v) is 13.5. The third-order valence-corrected chi connectivity index (χ3v) is 3.54. The van der Waals surface area contributed by atoms with Crippen molar-refractivity contribution in [3.63, 3.8) is 0 Å². The number of aryl methyl sites for hydroxylation is 1. The lowest BCUT2D eigenvalue weighted by atomic mass is 9.97. The van der Waals surface area contributed by atoms with Crippen molar-refractivity contribution in [2.45, 2.75) is 45.8 Å². The van der Waals surface area contributed by atoms with Crippen LogP contribution in [-0.2, 0) is 4.74 Å². The van der Waals surface area contributed by atoms with Crippen molar-refractivity contribution in [3.05, 3.63) is 29.3 Å². The molecule has 1 amide bonds. The SMILES string of the molecule is Cc1ccc(NN)c(C(=O)N2CC(C)(C)OC(C)(C)C2)c1. The average Bonchev–Trinajstić information content (AvgIpc) is 2.34. The van der Waals surface area contributed by atoms with Gasteiger partial charge in [-0.1, -0.05) is 11.6 Å². The number of nitrogens with two attached hydrogens (primary N) is 1. The number of rotatable bonds is 2. The Balaban J connectivity index is 2.33. The Kier molecular flexibility index (Phi) is 4.00. The van der Waals surface area contributed by atoms with Gasteiger partial charge in [0.1, 0.15) is 0 Å². The molecular formula is C16H25N3O2. The predicted molar refractivity (Wildman–Crippen MR) is 84.1 cm³/mol. The van der Waals surface area contributed by atoms with Gasteiger partial charge in [0, 0.05) is 13.1 Å². The molecule has 5 nitrogen and oxygen atoms in total. The van der Waals surface area contributed by atoms with Crippen molar-refractivity contribution in [3.8, 4) is 0 Å². The van der Waals surface area contributed by atoms with E-state index in [1.807, 2.05) is 57.7 Å². The third-order valence-electron chi connectivity index (χ3n) is 3.54. The minimum Gasteiger partial charge on any atom is -0.366 e. The van der Waals surface area contributed by atoms with E-state index in [9.17, 15) is 4.79 Å². The fourth-order valence-corrected chi connectivity index (χ4v) is 3.06. The molecule has 0 spiro atoms. The summed E-state index contributed by atoms with van der Waals surface area (Å²) in [7, 11) is 0. The Labute approximate surface area is 126 Å². The largest absolute Gasteiger partial charge is 0.366 e. The number of ether oxygens (including phenoxy) is 1. The molecule has 21 heavy (non-hydrogen) atoms. The molecule has 1 aromatic carbocycles. The Morgan fingerprint density at radius 3 is 2.33 bits per heavy atom. The second kappa shape index (κ2) is 5.31. The normalized spacial score (nSPS) is 20.2. The highest BCUT2D eigenvalue weighted by molar-refractivity contribution is 6.00. The van der Waals surface area contributed by atoms with Crippen LogP contribution >= 0.6 is 0 Å². The molecule has 2 rings (SSSR count). The second-order valence-electron chi connectivity index (χ2n) is 6.98. The first-order valence-corrected chi connectivity index (χ1v) is 7.20. The van der Waals surface area contributed by atoms with Gasteiger partial charge in [0.15, 0.2) is 0 Å². The van der Waals surface area contributed by atoms with E-state index in [-0.39, 0.29) is 17.1 Å². The maximum atomic E-state index is 12.9. The number of hydrogen-bond donors (Lipinski definition) is 2. The van der Waals surface area contributed by atoms with Gasteiger partial charge in [-0.3, -0.25) is 10.6 Å². The van der Waals surface area contributed by atoms with E-state index in [4.69, 9.17) is 10.6 Å². The van der Waals surface area contributed by atoms with E-state index in [2.05, 4.69) is 5.43 Å². The molecule has 1 fully saturated rings.